The Labute approximate surface area is 155 Å². The van der Waals surface area contributed by atoms with Gasteiger partial charge in [0.15, 0.2) is 0 Å². The second-order valence-electron chi connectivity index (χ2n) is 6.71. The molecule has 0 saturated carbocycles. The predicted molar refractivity (Wildman–Crippen MR) is 90.2 cm³/mol. The fourth-order valence-corrected chi connectivity index (χ4v) is 2.31. The molecular weight excluding hydrogens is 364 g/mol. The molecule has 1 amide bonds. The van der Waals surface area contributed by atoms with E-state index in [0.717, 1.165) is 13.2 Å². The Morgan fingerprint density at radius 2 is 2.07 bits per heavy atom. The van der Waals surface area contributed by atoms with Crippen LogP contribution in [0.15, 0.2) is 16.9 Å². The largest absolute Gasteiger partial charge is 0.478 e. The van der Waals surface area contributed by atoms with Crippen molar-refractivity contribution < 1.29 is 39.1 Å². The van der Waals surface area contributed by atoms with E-state index in [1.165, 1.54) is 0 Å². The monoisotopic (exact) mass is 388 g/mol. The molecule has 1 aliphatic heterocycles. The molecule has 0 radical (unpaired) electrons. The van der Waals surface area contributed by atoms with Crippen LogP contribution in [0.4, 0.5) is 4.79 Å². The molecule has 0 saturated heterocycles. The van der Waals surface area contributed by atoms with Crippen molar-refractivity contribution in [1.29, 1.82) is 0 Å². The molecule has 0 aromatic carbocycles. The van der Waals surface area contributed by atoms with E-state index >= 15 is 0 Å². The first-order valence-corrected chi connectivity index (χ1v) is 8.01. The van der Waals surface area contributed by atoms with Gasteiger partial charge in [0.05, 0.1) is 25.8 Å². The summed E-state index contributed by atoms with van der Waals surface area (Å²) in [6.07, 6.45) is -4.63. The van der Waals surface area contributed by atoms with Crippen LogP contribution >= 0.6 is 0 Å². The van der Waals surface area contributed by atoms with Crippen molar-refractivity contribution >= 4 is 12.1 Å². The quantitative estimate of drug-likeness (QED) is 0.207. The number of aliphatic hydroxyl groups excluding tert-OH is 3. The maximum absolute atomic E-state index is 12.1. The van der Waals surface area contributed by atoms with E-state index in [1.807, 2.05) is 0 Å². The minimum absolute atomic E-state index is 0.383. The Morgan fingerprint density at radius 3 is 2.56 bits per heavy atom. The first kappa shape index (κ1) is 22.5. The molecule has 27 heavy (non-hydrogen) atoms. The first-order chi connectivity index (χ1) is 12.5. The molecule has 0 bridgehead atoms. The molecule has 5 atom stereocenters. The number of hydrogen-bond donors (Lipinski definition) is 4. The van der Waals surface area contributed by atoms with Crippen LogP contribution in [0.2, 0.25) is 0 Å². The highest BCUT2D eigenvalue weighted by molar-refractivity contribution is 5.86. The van der Waals surface area contributed by atoms with Gasteiger partial charge in [0.1, 0.15) is 23.9 Å². The van der Waals surface area contributed by atoms with E-state index < -0.39 is 54.7 Å². The predicted octanol–water partition coefficient (Wildman–Crippen LogP) is -0.272. The van der Waals surface area contributed by atoms with Crippen LogP contribution in [0, 0.1) is 0 Å². The fourth-order valence-electron chi connectivity index (χ4n) is 2.31. The summed E-state index contributed by atoms with van der Waals surface area (Å²) in [4.78, 5) is 26.6. The number of carbonyl (C=O) groups excluding carboxylic acids is 2. The van der Waals surface area contributed by atoms with Gasteiger partial charge in [-0.25, -0.2) is 9.59 Å². The van der Waals surface area contributed by atoms with Gasteiger partial charge in [-0.05, 0) is 32.4 Å². The molecule has 1 aliphatic rings. The lowest BCUT2D eigenvalue weighted by atomic mass is 9.92. The van der Waals surface area contributed by atoms with Crippen molar-refractivity contribution in [2.24, 2.45) is 5.11 Å². The van der Waals surface area contributed by atoms with Gasteiger partial charge in [0.25, 0.3) is 0 Å². The van der Waals surface area contributed by atoms with Gasteiger partial charge in [-0.15, -0.1) is 0 Å². The molecule has 152 valence electrons. The molecule has 1 heterocycles. The molecule has 12 heteroatoms. The second-order valence-corrected chi connectivity index (χ2v) is 6.71. The first-order valence-electron chi connectivity index (χ1n) is 8.01. The zero-order chi connectivity index (χ0) is 20.8. The van der Waals surface area contributed by atoms with Crippen LogP contribution in [0.3, 0.4) is 0 Å². The summed E-state index contributed by atoms with van der Waals surface area (Å²) >= 11 is 0. The van der Waals surface area contributed by atoms with Gasteiger partial charge in [0, 0.05) is 4.91 Å². The number of rotatable bonds is 6. The summed E-state index contributed by atoms with van der Waals surface area (Å²) in [7, 11) is 1.09. The highest BCUT2D eigenvalue weighted by atomic mass is 16.6. The number of nitrogens with zero attached hydrogens (tertiary/aromatic N) is 3. The van der Waals surface area contributed by atoms with Crippen LogP contribution < -0.4 is 5.32 Å². The number of hydrogen-bond acceptors (Lipinski definition) is 9. The Morgan fingerprint density at radius 1 is 1.44 bits per heavy atom. The number of nitrogens with one attached hydrogen (secondary N) is 1. The van der Waals surface area contributed by atoms with E-state index in [-0.39, 0.29) is 5.76 Å². The molecular formula is C15H24N4O8. The Kier molecular flexibility index (Phi) is 7.85. The minimum atomic E-state index is -1.74. The summed E-state index contributed by atoms with van der Waals surface area (Å²) < 4.78 is 15.0. The number of ether oxygens (including phenoxy) is 3. The van der Waals surface area contributed by atoms with E-state index in [0.29, 0.717) is 0 Å². The number of amides is 1. The van der Waals surface area contributed by atoms with Crippen molar-refractivity contribution in [3.05, 3.63) is 22.3 Å². The molecule has 0 spiro atoms. The number of methoxy groups -OCH3 is 1. The average Bonchev–Trinajstić information content (AvgIpc) is 2.59. The number of carbonyl (C=O) groups is 2. The number of aliphatic hydroxyl groups is 3. The van der Waals surface area contributed by atoms with Gasteiger partial charge in [0.2, 0.25) is 5.76 Å². The third kappa shape index (κ3) is 6.29. The molecule has 0 aromatic heterocycles. The number of esters is 1. The molecule has 0 fully saturated rings. The van der Waals surface area contributed by atoms with Crippen molar-refractivity contribution in [2.75, 3.05) is 13.7 Å². The zero-order valence-corrected chi connectivity index (χ0v) is 15.4. The third-order valence-corrected chi connectivity index (χ3v) is 3.48. The maximum Gasteiger partial charge on any atom is 0.408 e. The third-order valence-electron chi connectivity index (χ3n) is 3.48. The summed E-state index contributed by atoms with van der Waals surface area (Å²) in [6.45, 7) is 4.08. The van der Waals surface area contributed by atoms with Crippen molar-refractivity contribution in [3.8, 4) is 0 Å². The van der Waals surface area contributed by atoms with Crippen LogP contribution in [0.25, 0.3) is 10.4 Å². The highest BCUT2D eigenvalue weighted by Crippen LogP contribution is 2.25. The molecule has 0 unspecified atom stereocenters. The highest BCUT2D eigenvalue weighted by Gasteiger charge is 2.44. The van der Waals surface area contributed by atoms with Gasteiger partial charge in [-0.2, -0.15) is 0 Å². The number of alkyl carbamates (subject to hydrolysis) is 1. The van der Waals surface area contributed by atoms with E-state index in [9.17, 15) is 19.8 Å². The SMILES string of the molecule is COC(=O)C1=C[C@H](N=[N+]=[N-])[C@@H](NC(=O)OC(C)(C)C)[C@H]([C@H](O)[C@H](O)CO)O1. The average molecular weight is 388 g/mol. The van der Waals surface area contributed by atoms with E-state index in [2.05, 4.69) is 20.1 Å². The summed E-state index contributed by atoms with van der Waals surface area (Å²) in [5.74, 6) is -1.30. The maximum atomic E-state index is 12.1. The smallest absolute Gasteiger partial charge is 0.408 e. The molecule has 12 nitrogen and oxygen atoms in total. The van der Waals surface area contributed by atoms with Crippen molar-refractivity contribution in [3.63, 3.8) is 0 Å². The van der Waals surface area contributed by atoms with Crippen molar-refractivity contribution in [1.82, 2.24) is 5.32 Å². The summed E-state index contributed by atoms with van der Waals surface area (Å²) in [6, 6.07) is -2.38. The Balaban J connectivity index is 3.26. The molecule has 0 aromatic rings. The summed E-state index contributed by atoms with van der Waals surface area (Å²) in [5, 5.41) is 35.0. The standard InChI is InChI=1S/C15H24N4O8/c1-15(2,3)27-14(24)17-10-7(18-19-16)5-9(13(23)25-4)26-12(10)11(22)8(21)6-20/h5,7-8,10-12,20-22H,6H2,1-4H3,(H,17,24)/t7-,8+,10+,11+,12+/m0/s1. The van der Waals surface area contributed by atoms with Crippen LogP contribution in [-0.2, 0) is 19.0 Å². The summed E-state index contributed by atoms with van der Waals surface area (Å²) in [5.41, 5.74) is 7.96. The van der Waals surface area contributed by atoms with E-state index in [1.54, 1.807) is 20.8 Å². The lowest BCUT2D eigenvalue weighted by Crippen LogP contribution is -2.60. The van der Waals surface area contributed by atoms with Crippen LogP contribution in [0.5, 0.6) is 0 Å². The fraction of sp³-hybridized carbons (Fsp3) is 0.733. The lowest BCUT2D eigenvalue weighted by Gasteiger charge is -2.38. The minimum Gasteiger partial charge on any atom is -0.478 e. The van der Waals surface area contributed by atoms with Crippen LogP contribution in [0.1, 0.15) is 20.8 Å². The molecule has 1 rings (SSSR count). The Hall–Kier alpha value is -2.53. The van der Waals surface area contributed by atoms with Crippen LogP contribution in [-0.4, -0.2) is 77.1 Å². The van der Waals surface area contributed by atoms with Gasteiger partial charge < -0.3 is 34.8 Å². The topological polar surface area (TPSA) is 183 Å². The van der Waals surface area contributed by atoms with E-state index in [4.69, 9.17) is 20.1 Å². The van der Waals surface area contributed by atoms with Crippen molar-refractivity contribution in [2.45, 2.75) is 56.8 Å². The van der Waals surface area contributed by atoms with Gasteiger partial charge >= 0.3 is 12.1 Å². The molecule has 0 aliphatic carbocycles. The van der Waals surface area contributed by atoms with Gasteiger partial charge in [-0.1, -0.05) is 5.11 Å². The molecule has 4 N–H and O–H groups in total. The second kappa shape index (κ2) is 9.42. The zero-order valence-electron chi connectivity index (χ0n) is 15.4. The lowest BCUT2D eigenvalue weighted by molar-refractivity contribution is -0.148. The normalized spacial score (nSPS) is 24.4. The Bertz CT molecular complexity index is 626. The van der Waals surface area contributed by atoms with Gasteiger partial charge in [-0.3, -0.25) is 0 Å². The number of azide groups is 1.